The van der Waals surface area contributed by atoms with Crippen LogP contribution in [0.3, 0.4) is 0 Å². The molecule has 0 radical (unpaired) electrons. The molecule has 1 aromatic carbocycles. The van der Waals surface area contributed by atoms with E-state index in [2.05, 4.69) is 20.5 Å². The highest BCUT2D eigenvalue weighted by atomic mass is 35.5. The average molecular weight is 445 g/mol. The van der Waals surface area contributed by atoms with Crippen molar-refractivity contribution in [3.63, 3.8) is 0 Å². The molecule has 0 aliphatic rings. The number of aryl methyl sites for hydroxylation is 2. The molecule has 0 saturated carbocycles. The molecule has 3 heterocycles. The van der Waals surface area contributed by atoms with Gasteiger partial charge in [0.05, 0.1) is 23.0 Å². The largest absolute Gasteiger partial charge is 0.324 e. The van der Waals surface area contributed by atoms with E-state index in [9.17, 15) is 13.6 Å². The Labute approximate surface area is 181 Å². The number of carbonyl (C=O) groups is 1. The predicted octanol–water partition coefficient (Wildman–Crippen LogP) is 4.68. The quantitative estimate of drug-likeness (QED) is 0.485. The second-order valence-corrected chi connectivity index (χ2v) is 7.61. The molecule has 0 atom stereocenters. The van der Waals surface area contributed by atoms with Crippen molar-refractivity contribution >= 4 is 34.2 Å². The van der Waals surface area contributed by atoms with Gasteiger partial charge in [0.15, 0.2) is 5.65 Å². The Balaban J connectivity index is 1.75. The number of amides is 1. The standard InChI is InChI=1S/C21H19ClF2N6O/c1-11-15(22)5-4-6-16(11)26-18(31)10-30-21-19(12(2)28-30)14(20(23)24)7-17(27-21)13-8-25-29(3)9-13/h4-9,20H,10H2,1-3H3,(H,26,31). The van der Waals surface area contributed by atoms with E-state index in [1.165, 1.54) is 10.7 Å². The van der Waals surface area contributed by atoms with Gasteiger partial charge in [-0.1, -0.05) is 17.7 Å². The van der Waals surface area contributed by atoms with Gasteiger partial charge in [-0.25, -0.2) is 18.4 Å². The minimum absolute atomic E-state index is 0.182. The molecule has 31 heavy (non-hydrogen) atoms. The monoisotopic (exact) mass is 444 g/mol. The summed E-state index contributed by atoms with van der Waals surface area (Å²) in [4.78, 5) is 17.2. The summed E-state index contributed by atoms with van der Waals surface area (Å²) in [6, 6.07) is 6.54. The van der Waals surface area contributed by atoms with Crippen LogP contribution in [0.2, 0.25) is 5.02 Å². The van der Waals surface area contributed by atoms with Crippen LogP contribution in [0.15, 0.2) is 36.7 Å². The first-order chi connectivity index (χ1) is 14.7. The van der Waals surface area contributed by atoms with Crippen LogP contribution >= 0.6 is 11.6 Å². The topological polar surface area (TPSA) is 77.6 Å². The molecule has 1 N–H and O–H groups in total. The molecule has 0 saturated heterocycles. The minimum Gasteiger partial charge on any atom is -0.324 e. The maximum absolute atomic E-state index is 13.8. The molecular weight excluding hydrogens is 426 g/mol. The number of carbonyl (C=O) groups excluding carboxylic acids is 1. The zero-order valence-corrected chi connectivity index (χ0v) is 17.8. The van der Waals surface area contributed by atoms with Crippen molar-refractivity contribution in [3.05, 3.63) is 58.5 Å². The third-order valence-electron chi connectivity index (χ3n) is 4.98. The van der Waals surface area contributed by atoms with Gasteiger partial charge in [-0.15, -0.1) is 0 Å². The molecule has 0 fully saturated rings. The third kappa shape index (κ3) is 4.00. The smallest absolute Gasteiger partial charge is 0.264 e. The van der Waals surface area contributed by atoms with E-state index in [1.807, 2.05) is 0 Å². The number of pyridine rings is 1. The first-order valence-corrected chi connectivity index (χ1v) is 9.82. The van der Waals surface area contributed by atoms with Gasteiger partial charge in [0.25, 0.3) is 6.43 Å². The van der Waals surface area contributed by atoms with Crippen molar-refractivity contribution in [1.29, 1.82) is 0 Å². The van der Waals surface area contributed by atoms with Crippen molar-refractivity contribution in [3.8, 4) is 11.3 Å². The highest BCUT2D eigenvalue weighted by Gasteiger charge is 2.22. The Morgan fingerprint density at radius 2 is 2.06 bits per heavy atom. The maximum Gasteiger partial charge on any atom is 0.264 e. The Morgan fingerprint density at radius 3 is 2.74 bits per heavy atom. The molecule has 4 aromatic rings. The van der Waals surface area contributed by atoms with E-state index in [-0.39, 0.29) is 29.0 Å². The second kappa shape index (κ2) is 8.07. The first kappa shape index (κ1) is 20.9. The fraction of sp³-hybridized carbons (Fsp3) is 0.238. The zero-order chi connectivity index (χ0) is 22.3. The molecule has 7 nitrogen and oxygen atoms in total. The number of nitrogens with one attached hydrogen (secondary N) is 1. The molecule has 0 aliphatic carbocycles. The van der Waals surface area contributed by atoms with Gasteiger partial charge in [0.2, 0.25) is 5.91 Å². The average Bonchev–Trinajstić information content (AvgIpc) is 3.28. The molecule has 0 spiro atoms. The summed E-state index contributed by atoms with van der Waals surface area (Å²) >= 11 is 6.11. The summed E-state index contributed by atoms with van der Waals surface area (Å²) in [6.45, 7) is 3.22. The Kier molecular flexibility index (Phi) is 5.45. The van der Waals surface area contributed by atoms with Gasteiger partial charge >= 0.3 is 0 Å². The van der Waals surface area contributed by atoms with Crippen molar-refractivity contribution in [2.75, 3.05) is 5.32 Å². The number of halogens is 3. The number of nitrogens with zero attached hydrogens (tertiary/aromatic N) is 5. The van der Waals surface area contributed by atoms with E-state index >= 15 is 0 Å². The number of aromatic nitrogens is 5. The van der Waals surface area contributed by atoms with Crippen LogP contribution in [0.25, 0.3) is 22.3 Å². The fourth-order valence-corrected chi connectivity index (χ4v) is 3.61. The summed E-state index contributed by atoms with van der Waals surface area (Å²) in [7, 11) is 1.73. The van der Waals surface area contributed by atoms with Crippen molar-refractivity contribution in [1.82, 2.24) is 24.5 Å². The number of hydrogen-bond donors (Lipinski definition) is 1. The van der Waals surface area contributed by atoms with E-state index in [0.29, 0.717) is 27.7 Å². The molecule has 0 unspecified atom stereocenters. The SMILES string of the molecule is Cc1c(Cl)cccc1NC(=O)Cn1nc(C)c2c(C(F)F)cc(-c3cnn(C)c3)nc21. The van der Waals surface area contributed by atoms with E-state index in [1.54, 1.807) is 56.2 Å². The summed E-state index contributed by atoms with van der Waals surface area (Å²) in [5, 5.41) is 11.9. The fourth-order valence-electron chi connectivity index (χ4n) is 3.44. The van der Waals surface area contributed by atoms with Gasteiger partial charge in [0.1, 0.15) is 6.54 Å². The zero-order valence-electron chi connectivity index (χ0n) is 17.0. The van der Waals surface area contributed by atoms with Crippen LogP contribution in [0.5, 0.6) is 0 Å². The number of alkyl halides is 2. The van der Waals surface area contributed by atoms with Crippen LogP contribution in [-0.4, -0.2) is 30.5 Å². The first-order valence-electron chi connectivity index (χ1n) is 9.44. The van der Waals surface area contributed by atoms with Gasteiger partial charge < -0.3 is 5.32 Å². The van der Waals surface area contributed by atoms with Gasteiger partial charge in [-0.3, -0.25) is 9.48 Å². The lowest BCUT2D eigenvalue weighted by Gasteiger charge is -2.10. The third-order valence-corrected chi connectivity index (χ3v) is 5.39. The molecule has 0 bridgehead atoms. The molecule has 1 amide bonds. The van der Waals surface area contributed by atoms with Crippen molar-refractivity contribution in [2.45, 2.75) is 26.8 Å². The van der Waals surface area contributed by atoms with Gasteiger partial charge in [-0.05, 0) is 37.6 Å². The number of benzene rings is 1. The molecule has 3 aromatic heterocycles. The summed E-state index contributed by atoms with van der Waals surface area (Å²) in [5.41, 5.74) is 2.64. The van der Waals surface area contributed by atoms with Crippen LogP contribution in [0.4, 0.5) is 14.5 Å². The van der Waals surface area contributed by atoms with Gasteiger partial charge in [-0.2, -0.15) is 10.2 Å². The van der Waals surface area contributed by atoms with Crippen molar-refractivity contribution < 1.29 is 13.6 Å². The Morgan fingerprint density at radius 1 is 1.29 bits per heavy atom. The highest BCUT2D eigenvalue weighted by molar-refractivity contribution is 6.31. The molecule has 4 rings (SSSR count). The van der Waals surface area contributed by atoms with Crippen LogP contribution in [-0.2, 0) is 18.4 Å². The van der Waals surface area contributed by atoms with E-state index in [0.717, 1.165) is 5.56 Å². The molecule has 0 aliphatic heterocycles. The van der Waals surface area contributed by atoms with Crippen LogP contribution in [0.1, 0.15) is 23.2 Å². The number of fused-ring (bicyclic) bond motifs is 1. The lowest BCUT2D eigenvalue weighted by Crippen LogP contribution is -2.20. The Hall–Kier alpha value is -3.33. The number of anilines is 1. The lowest BCUT2D eigenvalue weighted by atomic mass is 10.1. The molecule has 160 valence electrons. The number of rotatable bonds is 5. The van der Waals surface area contributed by atoms with Crippen molar-refractivity contribution in [2.24, 2.45) is 7.05 Å². The minimum atomic E-state index is -2.72. The highest BCUT2D eigenvalue weighted by Crippen LogP contribution is 2.33. The number of hydrogen-bond acceptors (Lipinski definition) is 4. The van der Waals surface area contributed by atoms with E-state index < -0.39 is 6.43 Å². The summed E-state index contributed by atoms with van der Waals surface area (Å²) in [5.74, 6) is -0.373. The second-order valence-electron chi connectivity index (χ2n) is 7.20. The van der Waals surface area contributed by atoms with Crippen LogP contribution < -0.4 is 5.32 Å². The predicted molar refractivity (Wildman–Crippen MR) is 114 cm³/mol. The van der Waals surface area contributed by atoms with Gasteiger partial charge in [0, 0.05) is 35.1 Å². The maximum atomic E-state index is 13.8. The lowest BCUT2D eigenvalue weighted by molar-refractivity contribution is -0.116. The molecular formula is C21H19ClF2N6O. The van der Waals surface area contributed by atoms with Crippen LogP contribution in [0, 0.1) is 13.8 Å². The summed E-state index contributed by atoms with van der Waals surface area (Å²) < 4.78 is 30.6. The normalized spacial score (nSPS) is 11.5. The van der Waals surface area contributed by atoms with E-state index in [4.69, 9.17) is 11.6 Å². The molecule has 10 heteroatoms. The Bertz CT molecular complexity index is 1300. The summed E-state index contributed by atoms with van der Waals surface area (Å²) in [6.07, 6.45) is 0.511.